The number of hydrogen-bond donors (Lipinski definition) is 4. The SMILES string of the molecule is CC(c1ccc(Br)cc1)C1NNNN1. The van der Waals surface area contributed by atoms with E-state index >= 15 is 0 Å². The first-order valence-corrected chi connectivity index (χ1v) is 5.33. The molecule has 1 heterocycles. The van der Waals surface area contributed by atoms with Crippen LogP contribution < -0.4 is 21.9 Å². The number of hydrogen-bond acceptors (Lipinski definition) is 4. The van der Waals surface area contributed by atoms with Gasteiger partial charge in [-0.15, -0.1) is 0 Å². The fourth-order valence-corrected chi connectivity index (χ4v) is 1.74. The summed E-state index contributed by atoms with van der Waals surface area (Å²) in [7, 11) is 0. The Hall–Kier alpha value is -0.460. The molecule has 0 amide bonds. The third kappa shape index (κ3) is 2.13. The monoisotopic (exact) mass is 256 g/mol. The summed E-state index contributed by atoms with van der Waals surface area (Å²) >= 11 is 3.42. The van der Waals surface area contributed by atoms with Crippen LogP contribution in [0.3, 0.4) is 0 Å². The van der Waals surface area contributed by atoms with Crippen molar-refractivity contribution in [3.63, 3.8) is 0 Å². The van der Waals surface area contributed by atoms with Gasteiger partial charge >= 0.3 is 0 Å². The Kier molecular flexibility index (Phi) is 3.15. The van der Waals surface area contributed by atoms with Gasteiger partial charge in [0.25, 0.3) is 0 Å². The van der Waals surface area contributed by atoms with Crippen LogP contribution in [0.1, 0.15) is 18.4 Å². The molecule has 1 aliphatic rings. The number of benzene rings is 1. The van der Waals surface area contributed by atoms with Crippen LogP contribution in [0.25, 0.3) is 0 Å². The van der Waals surface area contributed by atoms with Crippen molar-refractivity contribution >= 4 is 15.9 Å². The summed E-state index contributed by atoms with van der Waals surface area (Å²) in [5.74, 6) is 0.394. The van der Waals surface area contributed by atoms with Gasteiger partial charge in [-0.05, 0) is 17.7 Å². The molecule has 0 aliphatic carbocycles. The summed E-state index contributed by atoms with van der Waals surface area (Å²) in [6, 6.07) is 8.36. The molecule has 4 N–H and O–H groups in total. The number of hydrazine groups is 3. The lowest BCUT2D eigenvalue weighted by molar-refractivity contribution is 0.453. The number of halogens is 1. The van der Waals surface area contributed by atoms with E-state index in [1.54, 1.807) is 0 Å². The molecular formula is C9H13BrN4. The second kappa shape index (κ2) is 4.37. The van der Waals surface area contributed by atoms with E-state index in [4.69, 9.17) is 0 Å². The molecule has 1 saturated heterocycles. The minimum Gasteiger partial charge on any atom is -0.224 e. The van der Waals surface area contributed by atoms with Crippen molar-refractivity contribution in [1.29, 1.82) is 0 Å². The number of nitrogens with one attached hydrogen (secondary N) is 4. The van der Waals surface area contributed by atoms with Crippen molar-refractivity contribution in [3.05, 3.63) is 34.3 Å². The van der Waals surface area contributed by atoms with Crippen molar-refractivity contribution in [2.24, 2.45) is 0 Å². The second-order valence-electron chi connectivity index (χ2n) is 3.36. The van der Waals surface area contributed by atoms with Crippen LogP contribution >= 0.6 is 15.9 Å². The highest BCUT2D eigenvalue weighted by Gasteiger charge is 2.21. The molecule has 5 heteroatoms. The lowest BCUT2D eigenvalue weighted by atomic mass is 9.99. The highest BCUT2D eigenvalue weighted by atomic mass is 79.9. The molecule has 1 aromatic rings. The van der Waals surface area contributed by atoms with E-state index in [1.165, 1.54) is 5.56 Å². The Morgan fingerprint density at radius 2 is 1.71 bits per heavy atom. The molecule has 2 rings (SSSR count). The molecule has 76 valence electrons. The molecule has 0 aromatic heterocycles. The molecule has 1 atom stereocenters. The van der Waals surface area contributed by atoms with Gasteiger partial charge < -0.3 is 0 Å². The van der Waals surface area contributed by atoms with E-state index in [1.807, 2.05) is 0 Å². The molecule has 14 heavy (non-hydrogen) atoms. The molecule has 0 radical (unpaired) electrons. The van der Waals surface area contributed by atoms with Gasteiger partial charge in [-0.25, -0.2) is 10.9 Å². The van der Waals surface area contributed by atoms with Gasteiger partial charge in [-0.2, -0.15) is 11.1 Å². The fourth-order valence-electron chi connectivity index (χ4n) is 1.47. The van der Waals surface area contributed by atoms with Gasteiger partial charge in [0.1, 0.15) is 0 Å². The van der Waals surface area contributed by atoms with Gasteiger partial charge in [-0.3, -0.25) is 0 Å². The molecule has 1 unspecified atom stereocenters. The normalized spacial score (nSPS) is 19.9. The smallest absolute Gasteiger partial charge is 0.0924 e. The number of rotatable bonds is 2. The van der Waals surface area contributed by atoms with E-state index in [2.05, 4.69) is 69.0 Å². The molecule has 0 saturated carbocycles. The van der Waals surface area contributed by atoms with Crippen LogP contribution in [0.2, 0.25) is 0 Å². The van der Waals surface area contributed by atoms with E-state index < -0.39 is 0 Å². The van der Waals surface area contributed by atoms with Crippen LogP contribution in [0, 0.1) is 0 Å². The van der Waals surface area contributed by atoms with Crippen LogP contribution in [0.5, 0.6) is 0 Å². The third-order valence-electron chi connectivity index (χ3n) is 2.41. The average Bonchev–Trinajstić information content (AvgIpc) is 2.71. The summed E-state index contributed by atoms with van der Waals surface area (Å²) in [5, 5.41) is 0. The van der Waals surface area contributed by atoms with E-state index in [0.29, 0.717) is 5.92 Å². The van der Waals surface area contributed by atoms with E-state index in [0.717, 1.165) is 4.47 Å². The first-order valence-electron chi connectivity index (χ1n) is 4.54. The van der Waals surface area contributed by atoms with Crippen LogP contribution in [-0.4, -0.2) is 6.17 Å². The van der Waals surface area contributed by atoms with Gasteiger partial charge in [0.15, 0.2) is 0 Å². The summed E-state index contributed by atoms with van der Waals surface area (Å²) < 4.78 is 1.11. The zero-order chi connectivity index (χ0) is 9.97. The molecule has 1 aromatic carbocycles. The van der Waals surface area contributed by atoms with Gasteiger partial charge in [0, 0.05) is 10.4 Å². The van der Waals surface area contributed by atoms with Crippen LogP contribution in [0.4, 0.5) is 0 Å². The van der Waals surface area contributed by atoms with Crippen molar-refractivity contribution < 1.29 is 0 Å². The highest BCUT2D eigenvalue weighted by Crippen LogP contribution is 2.20. The predicted octanol–water partition coefficient (Wildman–Crippen LogP) is 0.996. The lowest BCUT2D eigenvalue weighted by Gasteiger charge is -2.18. The van der Waals surface area contributed by atoms with Gasteiger partial charge in [0.05, 0.1) is 6.17 Å². The third-order valence-corrected chi connectivity index (χ3v) is 2.94. The maximum absolute atomic E-state index is 3.42. The highest BCUT2D eigenvalue weighted by molar-refractivity contribution is 9.10. The minimum absolute atomic E-state index is 0.205. The molecule has 0 bridgehead atoms. The summed E-state index contributed by atoms with van der Waals surface area (Å²) in [6.45, 7) is 2.17. The molecular weight excluding hydrogens is 244 g/mol. The first kappa shape index (κ1) is 10.1. The van der Waals surface area contributed by atoms with Gasteiger partial charge in [0.2, 0.25) is 0 Å². The van der Waals surface area contributed by atoms with Crippen molar-refractivity contribution in [3.8, 4) is 0 Å². The molecule has 1 aliphatic heterocycles. The van der Waals surface area contributed by atoms with E-state index in [-0.39, 0.29) is 6.17 Å². The Bertz CT molecular complexity index is 294. The minimum atomic E-state index is 0.205. The Labute approximate surface area is 91.5 Å². The maximum atomic E-state index is 3.42. The van der Waals surface area contributed by atoms with Crippen molar-refractivity contribution in [1.82, 2.24) is 21.9 Å². The van der Waals surface area contributed by atoms with Gasteiger partial charge in [-0.1, -0.05) is 35.0 Å². The molecule has 1 fully saturated rings. The Balaban J connectivity index is 2.09. The average molecular weight is 257 g/mol. The predicted molar refractivity (Wildman–Crippen MR) is 58.9 cm³/mol. The van der Waals surface area contributed by atoms with Crippen LogP contribution in [0.15, 0.2) is 28.7 Å². The van der Waals surface area contributed by atoms with Crippen LogP contribution in [-0.2, 0) is 0 Å². The summed E-state index contributed by atoms with van der Waals surface area (Å²) in [6.07, 6.45) is 0.205. The fraction of sp³-hybridized carbons (Fsp3) is 0.333. The second-order valence-corrected chi connectivity index (χ2v) is 4.27. The zero-order valence-electron chi connectivity index (χ0n) is 7.84. The topological polar surface area (TPSA) is 48.1 Å². The zero-order valence-corrected chi connectivity index (χ0v) is 9.43. The standard InChI is InChI=1S/C9H13BrN4/c1-6(9-11-13-14-12-9)7-2-4-8(10)5-3-7/h2-6,9,11-14H,1H3. The molecule has 0 spiro atoms. The quantitative estimate of drug-likeness (QED) is 0.638. The largest absolute Gasteiger partial charge is 0.224 e. The van der Waals surface area contributed by atoms with Crippen molar-refractivity contribution in [2.75, 3.05) is 0 Å². The molecule has 4 nitrogen and oxygen atoms in total. The Morgan fingerprint density at radius 1 is 1.14 bits per heavy atom. The van der Waals surface area contributed by atoms with Crippen molar-refractivity contribution in [2.45, 2.75) is 19.0 Å². The summed E-state index contributed by atoms with van der Waals surface area (Å²) in [5.41, 5.74) is 13.1. The first-order chi connectivity index (χ1) is 6.77. The Morgan fingerprint density at radius 3 is 2.29 bits per heavy atom. The lowest BCUT2D eigenvalue weighted by Crippen LogP contribution is -2.38. The summed E-state index contributed by atoms with van der Waals surface area (Å²) in [4.78, 5) is 0. The maximum Gasteiger partial charge on any atom is 0.0924 e. The van der Waals surface area contributed by atoms with E-state index in [9.17, 15) is 0 Å².